The van der Waals surface area contributed by atoms with Crippen molar-refractivity contribution in [3.8, 4) is 0 Å². The van der Waals surface area contributed by atoms with Crippen molar-refractivity contribution in [3.05, 3.63) is 65.0 Å². The van der Waals surface area contributed by atoms with Gasteiger partial charge in [-0.2, -0.15) is 0 Å². The zero-order chi connectivity index (χ0) is 18.0. The van der Waals surface area contributed by atoms with Gasteiger partial charge in [-0.3, -0.25) is 4.79 Å². The fourth-order valence-electron chi connectivity index (χ4n) is 2.94. The molecule has 0 saturated heterocycles. The Kier molecular flexibility index (Phi) is 4.70. The van der Waals surface area contributed by atoms with E-state index in [4.69, 9.17) is 0 Å². The summed E-state index contributed by atoms with van der Waals surface area (Å²) in [5.41, 5.74) is 2.90. The lowest BCUT2D eigenvalue weighted by molar-refractivity contribution is 0.0936. The molecule has 130 valence electrons. The molecule has 2 N–H and O–H groups in total. The van der Waals surface area contributed by atoms with Crippen molar-refractivity contribution < 1.29 is 14.0 Å². The molecule has 6 heteroatoms. The molecule has 0 bridgehead atoms. The molecular formula is C19H20FN3O2. The molecule has 0 aliphatic heterocycles. The molecule has 0 fully saturated rings. The average Bonchev–Trinajstić information content (AvgIpc) is 2.97. The highest BCUT2D eigenvalue weighted by Crippen LogP contribution is 2.31. The summed E-state index contributed by atoms with van der Waals surface area (Å²) in [7, 11) is 3.28. The van der Waals surface area contributed by atoms with Crippen molar-refractivity contribution in [1.82, 2.24) is 10.2 Å². The Morgan fingerprint density at radius 3 is 2.72 bits per heavy atom. The molecule has 0 spiro atoms. The average molecular weight is 341 g/mol. The van der Waals surface area contributed by atoms with Crippen LogP contribution in [-0.4, -0.2) is 30.9 Å². The normalized spacial score (nSPS) is 15.4. The van der Waals surface area contributed by atoms with E-state index in [0.29, 0.717) is 11.3 Å². The van der Waals surface area contributed by atoms with E-state index in [1.54, 1.807) is 44.4 Å². The summed E-state index contributed by atoms with van der Waals surface area (Å²) in [6, 6.07) is 11.0. The van der Waals surface area contributed by atoms with E-state index >= 15 is 0 Å². The Labute approximate surface area is 145 Å². The number of hydrogen-bond donors (Lipinski definition) is 2. The number of rotatable bonds is 3. The molecule has 1 aliphatic carbocycles. The molecule has 3 rings (SSSR count). The summed E-state index contributed by atoms with van der Waals surface area (Å²) >= 11 is 0. The number of benzene rings is 2. The molecule has 0 aromatic heterocycles. The van der Waals surface area contributed by atoms with Crippen LogP contribution in [0.25, 0.3) is 0 Å². The van der Waals surface area contributed by atoms with Gasteiger partial charge < -0.3 is 15.5 Å². The molecule has 1 unspecified atom stereocenters. The monoisotopic (exact) mass is 341 g/mol. The molecule has 3 amide bonds. The summed E-state index contributed by atoms with van der Waals surface area (Å²) in [6.07, 6.45) is 1.57. The lowest BCUT2D eigenvalue weighted by atomic mass is 10.1. The number of nitrogens with zero attached hydrogens (tertiary/aromatic N) is 1. The molecule has 0 radical (unpaired) electrons. The number of halogens is 1. The van der Waals surface area contributed by atoms with Crippen LogP contribution in [0.15, 0.2) is 42.5 Å². The van der Waals surface area contributed by atoms with Crippen LogP contribution in [0.4, 0.5) is 14.9 Å². The lowest BCUT2D eigenvalue weighted by Crippen LogP contribution is -2.28. The van der Waals surface area contributed by atoms with Gasteiger partial charge in [-0.15, -0.1) is 0 Å². The van der Waals surface area contributed by atoms with Crippen molar-refractivity contribution in [2.45, 2.75) is 18.9 Å². The van der Waals surface area contributed by atoms with Crippen LogP contribution < -0.4 is 10.6 Å². The minimum atomic E-state index is -0.298. The maximum Gasteiger partial charge on any atom is 0.321 e. The number of hydrogen-bond acceptors (Lipinski definition) is 2. The fourth-order valence-corrected chi connectivity index (χ4v) is 2.94. The second-order valence-corrected chi connectivity index (χ2v) is 6.31. The Hall–Kier alpha value is -2.89. The number of carbonyl (C=O) groups excluding carboxylic acids is 2. The fraction of sp³-hybridized carbons (Fsp3) is 0.263. The van der Waals surface area contributed by atoms with Gasteiger partial charge in [0.1, 0.15) is 5.82 Å². The lowest BCUT2D eigenvalue weighted by Gasteiger charge is -2.15. The van der Waals surface area contributed by atoms with Gasteiger partial charge in [-0.1, -0.05) is 12.1 Å². The van der Waals surface area contributed by atoms with Crippen molar-refractivity contribution in [2.75, 3.05) is 19.4 Å². The number of nitrogens with one attached hydrogen (secondary N) is 2. The van der Waals surface area contributed by atoms with Crippen LogP contribution in [-0.2, 0) is 6.42 Å². The zero-order valence-corrected chi connectivity index (χ0v) is 14.2. The predicted octanol–water partition coefficient (Wildman–Crippen LogP) is 3.34. The van der Waals surface area contributed by atoms with Crippen molar-refractivity contribution >= 4 is 17.6 Å². The van der Waals surface area contributed by atoms with Gasteiger partial charge in [0.05, 0.1) is 6.04 Å². The highest BCUT2D eigenvalue weighted by Gasteiger charge is 2.24. The standard InChI is InChI=1S/C19H20FN3O2/c1-23(2)19(25)21-15-5-3-4-13(10-15)18(24)22-17-9-7-12-6-8-14(20)11-16(12)17/h3-6,8,10-11,17H,7,9H2,1-2H3,(H,21,25)(H,22,24). The molecule has 25 heavy (non-hydrogen) atoms. The third-order valence-corrected chi connectivity index (χ3v) is 4.27. The Morgan fingerprint density at radius 1 is 1.16 bits per heavy atom. The van der Waals surface area contributed by atoms with Gasteiger partial charge in [-0.25, -0.2) is 9.18 Å². The van der Waals surface area contributed by atoms with E-state index < -0.39 is 0 Å². The summed E-state index contributed by atoms with van der Waals surface area (Å²) in [5, 5.41) is 5.66. The molecule has 1 atom stereocenters. The minimum absolute atomic E-state index is 0.196. The topological polar surface area (TPSA) is 61.4 Å². The van der Waals surface area contributed by atoms with Crippen molar-refractivity contribution in [1.29, 1.82) is 0 Å². The summed E-state index contributed by atoms with van der Waals surface area (Å²) in [5.74, 6) is -0.545. The maximum absolute atomic E-state index is 13.5. The number of aryl methyl sites for hydroxylation is 1. The van der Waals surface area contributed by atoms with Crippen LogP contribution in [0, 0.1) is 5.82 Å². The van der Waals surface area contributed by atoms with E-state index in [2.05, 4.69) is 10.6 Å². The molecule has 1 aliphatic rings. The van der Waals surface area contributed by atoms with Crippen LogP contribution in [0.3, 0.4) is 0 Å². The van der Waals surface area contributed by atoms with Crippen molar-refractivity contribution in [3.63, 3.8) is 0 Å². The first-order valence-corrected chi connectivity index (χ1v) is 8.11. The summed E-state index contributed by atoms with van der Waals surface area (Å²) in [4.78, 5) is 25.7. The molecule has 2 aromatic carbocycles. The number of fused-ring (bicyclic) bond motifs is 1. The third-order valence-electron chi connectivity index (χ3n) is 4.27. The van der Waals surface area contributed by atoms with Gasteiger partial charge in [0.2, 0.25) is 0 Å². The quantitative estimate of drug-likeness (QED) is 0.899. The predicted molar refractivity (Wildman–Crippen MR) is 94.1 cm³/mol. The first-order valence-electron chi connectivity index (χ1n) is 8.11. The molecule has 0 saturated carbocycles. The van der Waals surface area contributed by atoms with E-state index in [1.807, 2.05) is 0 Å². The number of amides is 3. The zero-order valence-electron chi connectivity index (χ0n) is 14.2. The largest absolute Gasteiger partial charge is 0.345 e. The second kappa shape index (κ2) is 6.93. The van der Waals surface area contributed by atoms with Crippen LogP contribution in [0.1, 0.15) is 33.9 Å². The minimum Gasteiger partial charge on any atom is -0.345 e. The summed E-state index contributed by atoms with van der Waals surface area (Å²) in [6.45, 7) is 0. The van der Waals surface area contributed by atoms with Gasteiger partial charge in [0.15, 0.2) is 0 Å². The van der Waals surface area contributed by atoms with Crippen LogP contribution in [0.5, 0.6) is 0 Å². The SMILES string of the molecule is CN(C)C(=O)Nc1cccc(C(=O)NC2CCc3ccc(F)cc32)c1. The Bertz CT molecular complexity index is 820. The molecular weight excluding hydrogens is 321 g/mol. The van der Waals surface area contributed by atoms with Gasteiger partial charge in [0, 0.05) is 25.3 Å². The number of carbonyl (C=O) groups is 2. The first kappa shape index (κ1) is 17.0. The number of urea groups is 1. The summed E-state index contributed by atoms with van der Waals surface area (Å²) < 4.78 is 13.5. The van der Waals surface area contributed by atoms with E-state index in [-0.39, 0.29) is 23.8 Å². The second-order valence-electron chi connectivity index (χ2n) is 6.31. The first-order chi connectivity index (χ1) is 11.9. The molecule has 5 nitrogen and oxygen atoms in total. The van der Waals surface area contributed by atoms with Crippen LogP contribution >= 0.6 is 0 Å². The van der Waals surface area contributed by atoms with Gasteiger partial charge >= 0.3 is 6.03 Å². The molecule has 2 aromatic rings. The van der Waals surface area contributed by atoms with Gasteiger partial charge in [-0.05, 0) is 54.3 Å². The molecule has 0 heterocycles. The third kappa shape index (κ3) is 3.79. The van der Waals surface area contributed by atoms with E-state index in [9.17, 15) is 14.0 Å². The van der Waals surface area contributed by atoms with Crippen molar-refractivity contribution in [2.24, 2.45) is 0 Å². The Morgan fingerprint density at radius 2 is 1.96 bits per heavy atom. The maximum atomic E-state index is 13.5. The van der Waals surface area contributed by atoms with E-state index in [1.165, 1.54) is 17.0 Å². The highest BCUT2D eigenvalue weighted by atomic mass is 19.1. The number of anilines is 1. The van der Waals surface area contributed by atoms with Gasteiger partial charge in [0.25, 0.3) is 5.91 Å². The smallest absolute Gasteiger partial charge is 0.321 e. The van der Waals surface area contributed by atoms with E-state index in [0.717, 1.165) is 24.0 Å². The Balaban J connectivity index is 1.73. The van der Waals surface area contributed by atoms with Crippen LogP contribution in [0.2, 0.25) is 0 Å². The highest BCUT2D eigenvalue weighted by molar-refractivity contribution is 5.97.